The number of aromatic amines is 1. The van der Waals surface area contributed by atoms with Crippen LogP contribution in [0.5, 0.6) is 5.75 Å². The predicted molar refractivity (Wildman–Crippen MR) is 44.6 cm³/mol. The molecule has 0 amide bonds. The summed E-state index contributed by atoms with van der Waals surface area (Å²) < 4.78 is 64.1. The highest BCUT2D eigenvalue weighted by molar-refractivity contribution is 5.38. The van der Waals surface area contributed by atoms with Gasteiger partial charge in [0, 0.05) is 6.20 Å². The van der Waals surface area contributed by atoms with E-state index in [0.29, 0.717) is 6.20 Å². The standard InChI is InChI=1S/C8H6F5NO3/c9-6(10)5-3(2-15)7(16)14-1-4(5)17-8(11,12)13/h1,6,15H,2H2,(H,14,16). The van der Waals surface area contributed by atoms with E-state index in [1.807, 2.05) is 0 Å². The molecule has 0 saturated heterocycles. The molecule has 2 N–H and O–H groups in total. The monoisotopic (exact) mass is 259 g/mol. The number of aliphatic hydroxyl groups excluding tert-OH is 1. The van der Waals surface area contributed by atoms with Crippen molar-refractivity contribution in [1.82, 2.24) is 4.98 Å². The van der Waals surface area contributed by atoms with Gasteiger partial charge in [0.25, 0.3) is 12.0 Å². The third-order valence-electron chi connectivity index (χ3n) is 1.80. The average Bonchev–Trinajstić information content (AvgIpc) is 2.17. The van der Waals surface area contributed by atoms with Crippen LogP contribution in [0.3, 0.4) is 0 Å². The Hall–Kier alpha value is -1.64. The van der Waals surface area contributed by atoms with Gasteiger partial charge in [-0.25, -0.2) is 8.78 Å². The van der Waals surface area contributed by atoms with E-state index in [9.17, 15) is 26.7 Å². The molecule has 0 aliphatic rings. The summed E-state index contributed by atoms with van der Waals surface area (Å²) in [7, 11) is 0. The molecular weight excluding hydrogens is 253 g/mol. The lowest BCUT2D eigenvalue weighted by molar-refractivity contribution is -0.275. The topological polar surface area (TPSA) is 62.3 Å². The van der Waals surface area contributed by atoms with Crippen molar-refractivity contribution in [2.24, 2.45) is 0 Å². The van der Waals surface area contributed by atoms with Crippen molar-refractivity contribution >= 4 is 0 Å². The number of nitrogens with one attached hydrogen (secondary N) is 1. The van der Waals surface area contributed by atoms with Crippen LogP contribution in [0.4, 0.5) is 22.0 Å². The van der Waals surface area contributed by atoms with E-state index in [-0.39, 0.29) is 0 Å². The van der Waals surface area contributed by atoms with Crippen LogP contribution in [0.2, 0.25) is 0 Å². The second-order valence-electron chi connectivity index (χ2n) is 2.88. The van der Waals surface area contributed by atoms with Gasteiger partial charge >= 0.3 is 6.36 Å². The Kier molecular flexibility index (Phi) is 3.71. The highest BCUT2D eigenvalue weighted by atomic mass is 19.4. The summed E-state index contributed by atoms with van der Waals surface area (Å²) >= 11 is 0. The quantitative estimate of drug-likeness (QED) is 0.812. The molecule has 1 heterocycles. The second-order valence-corrected chi connectivity index (χ2v) is 2.88. The van der Waals surface area contributed by atoms with Crippen LogP contribution < -0.4 is 10.3 Å². The van der Waals surface area contributed by atoms with Gasteiger partial charge in [0.15, 0.2) is 5.75 Å². The normalized spacial score (nSPS) is 11.9. The van der Waals surface area contributed by atoms with Crippen LogP contribution in [0.25, 0.3) is 0 Å². The lowest BCUT2D eigenvalue weighted by Crippen LogP contribution is -2.22. The smallest absolute Gasteiger partial charge is 0.404 e. The zero-order valence-corrected chi connectivity index (χ0v) is 8.02. The summed E-state index contributed by atoms with van der Waals surface area (Å²) in [6, 6.07) is 0. The van der Waals surface area contributed by atoms with E-state index in [1.54, 1.807) is 4.98 Å². The molecule has 0 aliphatic heterocycles. The molecule has 9 heteroatoms. The first kappa shape index (κ1) is 13.4. The Morgan fingerprint density at radius 3 is 2.41 bits per heavy atom. The fraction of sp³-hybridized carbons (Fsp3) is 0.375. The lowest BCUT2D eigenvalue weighted by Gasteiger charge is -2.14. The van der Waals surface area contributed by atoms with Crippen LogP contribution >= 0.6 is 0 Å². The first-order valence-electron chi connectivity index (χ1n) is 4.15. The number of alkyl halides is 5. The van der Waals surface area contributed by atoms with Gasteiger partial charge in [-0.2, -0.15) is 0 Å². The van der Waals surface area contributed by atoms with Crippen LogP contribution in [-0.4, -0.2) is 16.5 Å². The molecule has 0 saturated carbocycles. The molecule has 4 nitrogen and oxygen atoms in total. The number of rotatable bonds is 3. The Bertz CT molecular complexity index is 453. The van der Waals surface area contributed by atoms with Gasteiger partial charge in [0.2, 0.25) is 0 Å². The number of H-pyrrole nitrogens is 1. The average molecular weight is 259 g/mol. The van der Waals surface area contributed by atoms with E-state index >= 15 is 0 Å². The van der Waals surface area contributed by atoms with Crippen molar-refractivity contribution < 1.29 is 31.8 Å². The van der Waals surface area contributed by atoms with Crippen LogP contribution in [0.15, 0.2) is 11.0 Å². The molecule has 0 aliphatic carbocycles. The van der Waals surface area contributed by atoms with Gasteiger partial charge in [-0.05, 0) is 0 Å². The maximum atomic E-state index is 12.5. The van der Waals surface area contributed by atoms with Crippen molar-refractivity contribution in [1.29, 1.82) is 0 Å². The largest absolute Gasteiger partial charge is 0.573 e. The minimum atomic E-state index is -5.17. The maximum absolute atomic E-state index is 12.5. The third-order valence-corrected chi connectivity index (χ3v) is 1.80. The first-order valence-corrected chi connectivity index (χ1v) is 4.15. The Morgan fingerprint density at radius 2 is 2.00 bits per heavy atom. The second kappa shape index (κ2) is 4.70. The zero-order valence-electron chi connectivity index (χ0n) is 8.02. The van der Waals surface area contributed by atoms with E-state index in [0.717, 1.165) is 0 Å². The van der Waals surface area contributed by atoms with Gasteiger partial charge in [-0.1, -0.05) is 0 Å². The van der Waals surface area contributed by atoms with Crippen molar-refractivity contribution in [3.63, 3.8) is 0 Å². The number of ether oxygens (including phenoxy) is 1. The molecule has 1 rings (SSSR count). The minimum absolute atomic E-state index is 0.372. The summed E-state index contributed by atoms with van der Waals surface area (Å²) in [6.07, 6.45) is -8.18. The number of hydrogen-bond acceptors (Lipinski definition) is 3. The fourth-order valence-corrected chi connectivity index (χ4v) is 1.17. The Labute approximate surface area is 90.6 Å². The number of aromatic nitrogens is 1. The van der Waals surface area contributed by atoms with Gasteiger partial charge in [0.1, 0.15) is 0 Å². The zero-order chi connectivity index (χ0) is 13.2. The Balaban J connectivity index is 3.36. The van der Waals surface area contributed by atoms with Crippen molar-refractivity contribution in [2.75, 3.05) is 0 Å². The maximum Gasteiger partial charge on any atom is 0.573 e. The SMILES string of the molecule is O=c1[nH]cc(OC(F)(F)F)c(C(F)F)c1CO. The van der Waals surface area contributed by atoms with Gasteiger partial charge in [-0.15, -0.1) is 13.2 Å². The minimum Gasteiger partial charge on any atom is -0.404 e. The van der Waals surface area contributed by atoms with E-state index in [2.05, 4.69) is 4.74 Å². The number of hydrogen-bond donors (Lipinski definition) is 2. The third kappa shape index (κ3) is 3.16. The lowest BCUT2D eigenvalue weighted by atomic mass is 10.1. The fourth-order valence-electron chi connectivity index (χ4n) is 1.17. The summed E-state index contributed by atoms with van der Waals surface area (Å²) in [5, 5.41) is 8.68. The highest BCUT2D eigenvalue weighted by Gasteiger charge is 2.34. The Morgan fingerprint density at radius 1 is 1.41 bits per heavy atom. The molecule has 17 heavy (non-hydrogen) atoms. The molecule has 1 aromatic rings. The highest BCUT2D eigenvalue weighted by Crippen LogP contribution is 2.33. The summed E-state index contributed by atoms with van der Waals surface area (Å²) in [4.78, 5) is 12.8. The summed E-state index contributed by atoms with van der Waals surface area (Å²) in [5.41, 5.74) is -3.23. The molecule has 0 spiro atoms. The molecular formula is C8H6F5NO3. The molecule has 0 atom stereocenters. The van der Waals surface area contributed by atoms with E-state index in [1.165, 1.54) is 0 Å². The van der Waals surface area contributed by atoms with Crippen LogP contribution in [0, 0.1) is 0 Å². The van der Waals surface area contributed by atoms with Gasteiger partial charge < -0.3 is 14.8 Å². The number of halogens is 5. The molecule has 0 aromatic carbocycles. The van der Waals surface area contributed by atoms with Crippen molar-refractivity contribution in [3.8, 4) is 5.75 Å². The van der Waals surface area contributed by atoms with Gasteiger partial charge in [-0.3, -0.25) is 4.79 Å². The summed E-state index contributed by atoms with van der Waals surface area (Å²) in [5.74, 6) is -1.24. The molecule has 0 radical (unpaired) electrons. The molecule has 96 valence electrons. The number of aliphatic hydroxyl groups is 1. The van der Waals surface area contributed by atoms with Gasteiger partial charge in [0.05, 0.1) is 17.7 Å². The number of pyridine rings is 1. The van der Waals surface area contributed by atoms with Crippen molar-refractivity contribution in [2.45, 2.75) is 19.4 Å². The molecule has 0 bridgehead atoms. The first-order chi connectivity index (χ1) is 7.76. The van der Waals surface area contributed by atoms with E-state index in [4.69, 9.17) is 5.11 Å². The molecule has 0 fully saturated rings. The van der Waals surface area contributed by atoms with E-state index < -0.39 is 41.8 Å². The van der Waals surface area contributed by atoms with Crippen molar-refractivity contribution in [3.05, 3.63) is 27.7 Å². The molecule has 0 unspecified atom stereocenters. The summed E-state index contributed by atoms with van der Waals surface area (Å²) in [6.45, 7) is -1.12. The molecule has 1 aromatic heterocycles. The van der Waals surface area contributed by atoms with Crippen LogP contribution in [0.1, 0.15) is 17.6 Å². The van der Waals surface area contributed by atoms with Crippen LogP contribution in [-0.2, 0) is 6.61 Å². The predicted octanol–water partition coefficient (Wildman–Crippen LogP) is 1.70.